The van der Waals surface area contributed by atoms with Gasteiger partial charge in [-0.2, -0.15) is 5.26 Å². The van der Waals surface area contributed by atoms with Crippen molar-refractivity contribution in [3.8, 4) is 6.07 Å². The standard InChI is InChI=1S/C17H13Cl2N3O/c1-11-3-2-4-14(7-11)22-17(23)12(9-20)10-21-16-8-13(18)5-6-15(16)19/h2-8,10,21H,1H3,(H,22,23)/b12-10-. The molecule has 0 saturated heterocycles. The summed E-state index contributed by atoms with van der Waals surface area (Å²) in [6.45, 7) is 1.92. The van der Waals surface area contributed by atoms with Gasteiger partial charge in [0, 0.05) is 16.9 Å². The summed E-state index contributed by atoms with van der Waals surface area (Å²) in [6.07, 6.45) is 1.29. The number of hydrogen-bond donors (Lipinski definition) is 2. The van der Waals surface area contributed by atoms with Crippen molar-refractivity contribution >= 4 is 40.5 Å². The lowest BCUT2D eigenvalue weighted by Gasteiger charge is -2.07. The zero-order valence-electron chi connectivity index (χ0n) is 12.2. The summed E-state index contributed by atoms with van der Waals surface area (Å²) < 4.78 is 0. The van der Waals surface area contributed by atoms with Crippen molar-refractivity contribution in [2.45, 2.75) is 6.92 Å². The van der Waals surface area contributed by atoms with Gasteiger partial charge in [0.05, 0.1) is 10.7 Å². The summed E-state index contributed by atoms with van der Waals surface area (Å²) in [7, 11) is 0. The van der Waals surface area contributed by atoms with Gasteiger partial charge in [-0.25, -0.2) is 0 Å². The van der Waals surface area contributed by atoms with Crippen molar-refractivity contribution < 1.29 is 4.79 Å². The van der Waals surface area contributed by atoms with Crippen LogP contribution in [-0.2, 0) is 4.79 Å². The SMILES string of the molecule is Cc1cccc(NC(=O)/C(C#N)=C\Nc2cc(Cl)ccc2Cl)c1. The number of benzene rings is 2. The Hall–Kier alpha value is -2.48. The molecule has 2 N–H and O–H groups in total. The molecule has 0 saturated carbocycles. The molecule has 6 heteroatoms. The molecule has 0 bridgehead atoms. The second kappa shape index (κ2) is 7.68. The molecular weight excluding hydrogens is 333 g/mol. The quantitative estimate of drug-likeness (QED) is 0.620. The number of aryl methyl sites for hydroxylation is 1. The van der Waals surface area contributed by atoms with Crippen molar-refractivity contribution in [2.75, 3.05) is 10.6 Å². The Morgan fingerprint density at radius 3 is 2.70 bits per heavy atom. The van der Waals surface area contributed by atoms with E-state index in [9.17, 15) is 4.79 Å². The fraction of sp³-hybridized carbons (Fsp3) is 0.0588. The van der Waals surface area contributed by atoms with Gasteiger partial charge >= 0.3 is 0 Å². The van der Waals surface area contributed by atoms with Crippen molar-refractivity contribution in [1.29, 1.82) is 5.26 Å². The number of anilines is 2. The van der Waals surface area contributed by atoms with Gasteiger partial charge in [0.2, 0.25) is 0 Å². The topological polar surface area (TPSA) is 64.9 Å². The highest BCUT2D eigenvalue weighted by Gasteiger charge is 2.10. The Morgan fingerprint density at radius 1 is 1.22 bits per heavy atom. The number of nitriles is 1. The lowest BCUT2D eigenvalue weighted by atomic mass is 10.2. The smallest absolute Gasteiger partial charge is 0.267 e. The maximum Gasteiger partial charge on any atom is 0.267 e. The van der Waals surface area contributed by atoms with Crippen LogP contribution in [0.1, 0.15) is 5.56 Å². The van der Waals surface area contributed by atoms with Crippen molar-refractivity contribution in [3.63, 3.8) is 0 Å². The van der Waals surface area contributed by atoms with E-state index in [1.807, 2.05) is 31.2 Å². The average molecular weight is 346 g/mol. The number of rotatable bonds is 4. The number of amides is 1. The summed E-state index contributed by atoms with van der Waals surface area (Å²) in [5.41, 5.74) is 2.06. The van der Waals surface area contributed by atoms with Crippen LogP contribution in [0.25, 0.3) is 0 Å². The Labute approximate surface area is 144 Å². The molecule has 2 aromatic carbocycles. The zero-order valence-corrected chi connectivity index (χ0v) is 13.7. The molecule has 0 unspecified atom stereocenters. The Balaban J connectivity index is 2.14. The van der Waals surface area contributed by atoms with E-state index in [1.165, 1.54) is 6.20 Å². The summed E-state index contributed by atoms with van der Waals surface area (Å²) in [6, 6.07) is 14.0. The van der Waals surface area contributed by atoms with E-state index in [0.717, 1.165) is 5.56 Å². The highest BCUT2D eigenvalue weighted by atomic mass is 35.5. The molecule has 23 heavy (non-hydrogen) atoms. The number of carbonyl (C=O) groups is 1. The minimum absolute atomic E-state index is 0.0810. The molecule has 4 nitrogen and oxygen atoms in total. The van der Waals surface area contributed by atoms with Crippen LogP contribution in [0.2, 0.25) is 10.0 Å². The van der Waals surface area contributed by atoms with E-state index in [1.54, 1.807) is 24.3 Å². The van der Waals surface area contributed by atoms with Gasteiger partial charge in [0.1, 0.15) is 11.6 Å². The van der Waals surface area contributed by atoms with Crippen molar-refractivity contribution in [3.05, 3.63) is 69.8 Å². The molecule has 0 aliphatic heterocycles. The normalized spacial score (nSPS) is 10.8. The van der Waals surface area contributed by atoms with E-state index in [0.29, 0.717) is 21.4 Å². The third kappa shape index (κ3) is 4.75. The maximum atomic E-state index is 12.1. The van der Waals surface area contributed by atoms with Crippen LogP contribution >= 0.6 is 23.2 Å². The van der Waals surface area contributed by atoms with Gasteiger partial charge < -0.3 is 10.6 Å². The molecule has 2 rings (SSSR count). The van der Waals surface area contributed by atoms with Crippen LogP contribution < -0.4 is 10.6 Å². The first-order valence-corrected chi connectivity index (χ1v) is 7.45. The van der Waals surface area contributed by atoms with Gasteiger partial charge in [-0.3, -0.25) is 4.79 Å². The summed E-state index contributed by atoms with van der Waals surface area (Å²) in [5.74, 6) is -0.510. The molecule has 0 aliphatic rings. The van der Waals surface area contributed by atoms with Crippen LogP contribution in [0.5, 0.6) is 0 Å². The van der Waals surface area contributed by atoms with E-state index in [2.05, 4.69) is 10.6 Å². The van der Waals surface area contributed by atoms with Crippen molar-refractivity contribution in [2.24, 2.45) is 0 Å². The van der Waals surface area contributed by atoms with Crippen LogP contribution in [-0.4, -0.2) is 5.91 Å². The van der Waals surface area contributed by atoms with Crippen molar-refractivity contribution in [1.82, 2.24) is 0 Å². The average Bonchev–Trinajstić information content (AvgIpc) is 2.51. The Morgan fingerprint density at radius 2 is 2.00 bits per heavy atom. The molecule has 0 aromatic heterocycles. The van der Waals surface area contributed by atoms with E-state index in [4.69, 9.17) is 28.5 Å². The molecule has 0 atom stereocenters. The van der Waals surface area contributed by atoms with Gasteiger partial charge in [-0.05, 0) is 42.8 Å². The second-order valence-corrected chi connectivity index (χ2v) is 5.61. The molecule has 0 radical (unpaired) electrons. The van der Waals surface area contributed by atoms with E-state index >= 15 is 0 Å². The monoisotopic (exact) mass is 345 g/mol. The van der Waals surface area contributed by atoms with Gasteiger partial charge in [-0.15, -0.1) is 0 Å². The first-order valence-electron chi connectivity index (χ1n) is 6.69. The highest BCUT2D eigenvalue weighted by molar-refractivity contribution is 6.35. The molecule has 2 aromatic rings. The zero-order chi connectivity index (χ0) is 16.8. The van der Waals surface area contributed by atoms with Gasteiger partial charge in [0.15, 0.2) is 0 Å². The van der Waals surface area contributed by atoms with Crippen LogP contribution in [0.15, 0.2) is 54.2 Å². The van der Waals surface area contributed by atoms with Crippen LogP contribution in [0.3, 0.4) is 0 Å². The summed E-state index contributed by atoms with van der Waals surface area (Å²) in [5, 5.41) is 15.6. The predicted octanol–water partition coefficient (Wildman–Crippen LogP) is 4.76. The fourth-order valence-corrected chi connectivity index (χ4v) is 2.17. The van der Waals surface area contributed by atoms with E-state index < -0.39 is 5.91 Å². The fourth-order valence-electron chi connectivity index (χ4n) is 1.83. The Kier molecular flexibility index (Phi) is 5.64. The minimum atomic E-state index is -0.510. The van der Waals surface area contributed by atoms with E-state index in [-0.39, 0.29) is 5.57 Å². The third-order valence-corrected chi connectivity index (χ3v) is 3.51. The van der Waals surface area contributed by atoms with Crippen LogP contribution in [0, 0.1) is 18.3 Å². The van der Waals surface area contributed by atoms with Gasteiger partial charge in [0.25, 0.3) is 5.91 Å². The second-order valence-electron chi connectivity index (χ2n) is 4.76. The third-order valence-electron chi connectivity index (χ3n) is 2.94. The number of nitrogens with one attached hydrogen (secondary N) is 2. The number of carbonyl (C=O) groups excluding carboxylic acids is 1. The molecule has 1 amide bonds. The molecule has 0 fully saturated rings. The highest BCUT2D eigenvalue weighted by Crippen LogP contribution is 2.25. The minimum Gasteiger partial charge on any atom is -0.359 e. The maximum absolute atomic E-state index is 12.1. The summed E-state index contributed by atoms with van der Waals surface area (Å²) >= 11 is 11.9. The molecule has 0 spiro atoms. The number of halogens is 2. The predicted molar refractivity (Wildman–Crippen MR) is 93.6 cm³/mol. The summed E-state index contributed by atoms with van der Waals surface area (Å²) in [4.78, 5) is 12.1. The molecule has 0 aliphatic carbocycles. The first-order chi connectivity index (χ1) is 11.0. The largest absolute Gasteiger partial charge is 0.359 e. The molecule has 116 valence electrons. The lowest BCUT2D eigenvalue weighted by molar-refractivity contribution is -0.112. The number of nitrogens with zero attached hydrogens (tertiary/aromatic N) is 1. The lowest BCUT2D eigenvalue weighted by Crippen LogP contribution is -2.14. The van der Waals surface area contributed by atoms with Crippen LogP contribution in [0.4, 0.5) is 11.4 Å². The number of hydrogen-bond acceptors (Lipinski definition) is 3. The molecule has 0 heterocycles. The van der Waals surface area contributed by atoms with Gasteiger partial charge in [-0.1, -0.05) is 35.3 Å². The molecular formula is C17H13Cl2N3O. The first kappa shape index (κ1) is 16.9. The Bertz CT molecular complexity index is 810.